The highest BCUT2D eigenvalue weighted by molar-refractivity contribution is 5.94. The summed E-state index contributed by atoms with van der Waals surface area (Å²) in [6, 6.07) is 5.54. The lowest BCUT2D eigenvalue weighted by atomic mass is 9.90. The molecule has 0 unspecified atom stereocenters. The molecule has 3 rings (SSSR count). The van der Waals surface area contributed by atoms with E-state index in [4.69, 9.17) is 14.6 Å². The van der Waals surface area contributed by atoms with E-state index in [0.717, 1.165) is 12.8 Å². The maximum Gasteiger partial charge on any atom is 0.329 e. The molecule has 1 amide bonds. The maximum absolute atomic E-state index is 12.5. The summed E-state index contributed by atoms with van der Waals surface area (Å²) in [6.45, 7) is 0.479. The van der Waals surface area contributed by atoms with Gasteiger partial charge in [0, 0.05) is 12.2 Å². The first-order valence-corrected chi connectivity index (χ1v) is 8.47. The Kier molecular flexibility index (Phi) is 5.48. The van der Waals surface area contributed by atoms with Crippen molar-refractivity contribution in [2.24, 2.45) is 0 Å². The molecule has 2 aliphatic rings. The average Bonchev–Trinajstić information content (AvgIpc) is 2.60. The lowest BCUT2D eigenvalue weighted by Gasteiger charge is -2.31. The van der Waals surface area contributed by atoms with Gasteiger partial charge in [-0.15, -0.1) is 0 Å². The summed E-state index contributed by atoms with van der Waals surface area (Å²) >= 11 is 0. The molecule has 0 aromatic heterocycles. The number of fused-ring (bicyclic) bond motifs is 1. The molecule has 1 aliphatic heterocycles. The van der Waals surface area contributed by atoms with E-state index >= 15 is 0 Å². The van der Waals surface area contributed by atoms with Crippen LogP contribution < -0.4 is 5.32 Å². The van der Waals surface area contributed by atoms with Gasteiger partial charge in [0.25, 0.3) is 5.91 Å². The number of carbonyl (C=O) groups is 2. The van der Waals surface area contributed by atoms with Gasteiger partial charge < -0.3 is 19.9 Å². The molecular formula is C18H23NO5. The number of nitrogens with one attached hydrogen (secondary N) is 1. The Morgan fingerprint density at radius 1 is 1.25 bits per heavy atom. The molecule has 0 radical (unpaired) electrons. The van der Waals surface area contributed by atoms with Gasteiger partial charge in [-0.3, -0.25) is 4.79 Å². The maximum atomic E-state index is 12.5. The Labute approximate surface area is 141 Å². The number of amides is 1. The van der Waals surface area contributed by atoms with E-state index in [1.54, 1.807) is 0 Å². The summed E-state index contributed by atoms with van der Waals surface area (Å²) < 4.78 is 10.8. The van der Waals surface area contributed by atoms with Crippen LogP contribution in [0.25, 0.3) is 0 Å². The molecule has 130 valence electrons. The number of benzene rings is 1. The number of carboxylic acids is 1. The fourth-order valence-electron chi connectivity index (χ4n) is 3.36. The van der Waals surface area contributed by atoms with Crippen molar-refractivity contribution in [3.8, 4) is 0 Å². The third-order valence-electron chi connectivity index (χ3n) is 4.64. The van der Waals surface area contributed by atoms with Gasteiger partial charge in [0.15, 0.2) is 0 Å². The van der Waals surface area contributed by atoms with Crippen LogP contribution in [-0.4, -0.2) is 48.9 Å². The van der Waals surface area contributed by atoms with Crippen molar-refractivity contribution in [2.45, 2.75) is 44.2 Å². The summed E-state index contributed by atoms with van der Waals surface area (Å²) in [5.41, 5.74) is 3.23. The van der Waals surface area contributed by atoms with Gasteiger partial charge in [-0.1, -0.05) is 6.07 Å². The number of rotatable bonds is 5. The number of aryl methyl sites for hydroxylation is 2. The molecule has 1 aromatic rings. The second-order valence-electron chi connectivity index (χ2n) is 6.38. The topological polar surface area (TPSA) is 84.9 Å². The minimum absolute atomic E-state index is 0.164. The van der Waals surface area contributed by atoms with Gasteiger partial charge in [0.05, 0.1) is 18.8 Å². The quantitative estimate of drug-likeness (QED) is 0.854. The average molecular weight is 333 g/mol. The molecule has 1 fully saturated rings. The molecule has 2 atom stereocenters. The predicted molar refractivity (Wildman–Crippen MR) is 87.2 cm³/mol. The smallest absolute Gasteiger partial charge is 0.329 e. The highest BCUT2D eigenvalue weighted by atomic mass is 16.5. The zero-order chi connectivity index (χ0) is 16.9. The van der Waals surface area contributed by atoms with Crippen LogP contribution in [0, 0.1) is 0 Å². The Balaban J connectivity index is 1.65. The minimum atomic E-state index is -1.01. The second-order valence-corrected chi connectivity index (χ2v) is 6.38. The van der Waals surface area contributed by atoms with Crippen molar-refractivity contribution in [2.75, 3.05) is 19.8 Å². The highest BCUT2D eigenvalue weighted by Gasteiger charge is 2.29. The molecule has 1 aromatic carbocycles. The Hall–Kier alpha value is -1.92. The SMILES string of the molecule is O=C(O)CO[C@H]1CCOC[C@H]1NC(=O)c1ccc2c(c1)CCCC2. The zero-order valence-electron chi connectivity index (χ0n) is 13.6. The van der Waals surface area contributed by atoms with E-state index in [0.29, 0.717) is 25.2 Å². The highest BCUT2D eigenvalue weighted by Crippen LogP contribution is 2.22. The summed E-state index contributed by atoms with van der Waals surface area (Å²) in [4.78, 5) is 23.2. The molecule has 1 saturated heterocycles. The van der Waals surface area contributed by atoms with E-state index in [1.807, 2.05) is 18.2 Å². The third-order valence-corrected chi connectivity index (χ3v) is 4.64. The van der Waals surface area contributed by atoms with E-state index in [2.05, 4.69) is 5.32 Å². The van der Waals surface area contributed by atoms with Crippen molar-refractivity contribution in [3.05, 3.63) is 34.9 Å². The van der Waals surface area contributed by atoms with Gasteiger partial charge in [0.1, 0.15) is 6.61 Å². The predicted octanol–water partition coefficient (Wildman–Crippen LogP) is 1.55. The monoisotopic (exact) mass is 333 g/mol. The number of hydrogen-bond acceptors (Lipinski definition) is 4. The van der Waals surface area contributed by atoms with Crippen LogP contribution in [0.4, 0.5) is 0 Å². The fourth-order valence-corrected chi connectivity index (χ4v) is 3.36. The van der Waals surface area contributed by atoms with Crippen LogP contribution in [0.2, 0.25) is 0 Å². The minimum Gasteiger partial charge on any atom is -0.480 e. The zero-order valence-corrected chi connectivity index (χ0v) is 13.6. The Morgan fingerprint density at radius 3 is 2.83 bits per heavy atom. The van der Waals surface area contributed by atoms with Crippen LogP contribution >= 0.6 is 0 Å². The van der Waals surface area contributed by atoms with Crippen molar-refractivity contribution < 1.29 is 24.2 Å². The molecule has 1 heterocycles. The first kappa shape index (κ1) is 16.9. The van der Waals surface area contributed by atoms with Crippen molar-refractivity contribution in [1.82, 2.24) is 5.32 Å². The summed E-state index contributed by atoms with van der Waals surface area (Å²) in [7, 11) is 0. The first-order valence-electron chi connectivity index (χ1n) is 8.47. The number of hydrogen-bond donors (Lipinski definition) is 2. The van der Waals surface area contributed by atoms with E-state index < -0.39 is 5.97 Å². The Bertz CT molecular complexity index is 615. The molecule has 0 bridgehead atoms. The molecule has 0 spiro atoms. The van der Waals surface area contributed by atoms with Gasteiger partial charge in [-0.25, -0.2) is 4.79 Å². The fraction of sp³-hybridized carbons (Fsp3) is 0.556. The van der Waals surface area contributed by atoms with Gasteiger partial charge in [0.2, 0.25) is 0 Å². The Morgan fingerprint density at radius 2 is 2.04 bits per heavy atom. The van der Waals surface area contributed by atoms with Crippen LogP contribution in [-0.2, 0) is 27.1 Å². The summed E-state index contributed by atoms with van der Waals surface area (Å²) in [5, 5.41) is 11.7. The first-order chi connectivity index (χ1) is 11.6. The lowest BCUT2D eigenvalue weighted by Crippen LogP contribution is -2.51. The van der Waals surface area contributed by atoms with E-state index in [-0.39, 0.29) is 24.7 Å². The van der Waals surface area contributed by atoms with E-state index in [9.17, 15) is 9.59 Å². The van der Waals surface area contributed by atoms with E-state index in [1.165, 1.54) is 24.0 Å². The summed E-state index contributed by atoms with van der Waals surface area (Å²) in [5.74, 6) is -1.18. The lowest BCUT2D eigenvalue weighted by molar-refractivity contribution is -0.147. The molecule has 1 aliphatic carbocycles. The third kappa shape index (κ3) is 4.13. The van der Waals surface area contributed by atoms with Crippen LogP contribution in [0.15, 0.2) is 18.2 Å². The molecule has 2 N–H and O–H groups in total. The van der Waals surface area contributed by atoms with Crippen LogP contribution in [0.5, 0.6) is 0 Å². The van der Waals surface area contributed by atoms with Crippen molar-refractivity contribution in [3.63, 3.8) is 0 Å². The molecule has 0 saturated carbocycles. The number of aliphatic carboxylic acids is 1. The van der Waals surface area contributed by atoms with Crippen LogP contribution in [0.1, 0.15) is 40.7 Å². The largest absolute Gasteiger partial charge is 0.480 e. The molecular weight excluding hydrogens is 310 g/mol. The van der Waals surface area contributed by atoms with Crippen molar-refractivity contribution in [1.29, 1.82) is 0 Å². The molecule has 24 heavy (non-hydrogen) atoms. The number of ether oxygens (including phenoxy) is 2. The van der Waals surface area contributed by atoms with Crippen LogP contribution in [0.3, 0.4) is 0 Å². The standard InChI is InChI=1S/C18H23NO5/c20-17(21)11-24-16-7-8-23-10-15(16)19-18(22)14-6-5-12-3-1-2-4-13(12)9-14/h5-6,9,15-16H,1-4,7-8,10-11H2,(H,19,22)(H,20,21)/t15-,16+/m1/s1. The normalized spacial score (nSPS) is 23.3. The summed E-state index contributed by atoms with van der Waals surface area (Å²) in [6.07, 6.45) is 4.71. The molecule has 6 heteroatoms. The van der Waals surface area contributed by atoms with Gasteiger partial charge in [-0.05, 0) is 55.4 Å². The number of carbonyl (C=O) groups excluding carboxylic acids is 1. The number of carboxylic acid groups (broad SMARTS) is 1. The van der Waals surface area contributed by atoms with Crippen molar-refractivity contribution >= 4 is 11.9 Å². The molecule has 6 nitrogen and oxygen atoms in total. The van der Waals surface area contributed by atoms with Gasteiger partial charge in [-0.2, -0.15) is 0 Å². The van der Waals surface area contributed by atoms with Gasteiger partial charge >= 0.3 is 5.97 Å². The second kappa shape index (κ2) is 7.77.